The first kappa shape index (κ1) is 15.2. The second-order valence-electron chi connectivity index (χ2n) is 4.09. The Morgan fingerprint density at radius 3 is 2.74 bits per heavy atom. The third-order valence-electron chi connectivity index (χ3n) is 2.64. The zero-order chi connectivity index (χ0) is 13.8. The van der Waals surface area contributed by atoms with Gasteiger partial charge in [-0.3, -0.25) is 0 Å². The molecule has 0 bridgehead atoms. The molecule has 0 aliphatic heterocycles. The first-order valence-electron chi connectivity index (χ1n) is 6.17. The van der Waals surface area contributed by atoms with Crippen molar-refractivity contribution in [1.29, 1.82) is 0 Å². The Kier molecular flexibility index (Phi) is 5.56. The van der Waals surface area contributed by atoms with Crippen LogP contribution in [0.1, 0.15) is 38.6 Å². The van der Waals surface area contributed by atoms with Crippen LogP contribution in [0.3, 0.4) is 0 Å². The van der Waals surface area contributed by atoms with Crippen molar-refractivity contribution in [2.75, 3.05) is 6.54 Å². The highest BCUT2D eigenvalue weighted by atomic mass is 79.9. The molecule has 2 aromatic rings. The lowest BCUT2D eigenvalue weighted by Gasteiger charge is -2.11. The normalized spacial score (nSPS) is 12.8. The van der Waals surface area contributed by atoms with Gasteiger partial charge in [0, 0.05) is 4.47 Å². The topological polar surface area (TPSA) is 51.0 Å². The Labute approximate surface area is 133 Å². The van der Waals surface area contributed by atoms with Crippen molar-refractivity contribution >= 4 is 43.2 Å². The van der Waals surface area contributed by atoms with E-state index in [-0.39, 0.29) is 6.04 Å². The van der Waals surface area contributed by atoms with Gasteiger partial charge in [-0.1, -0.05) is 13.8 Å². The zero-order valence-corrected chi connectivity index (χ0v) is 14.7. The van der Waals surface area contributed by atoms with Crippen molar-refractivity contribution in [3.05, 3.63) is 20.2 Å². The molecule has 0 aliphatic rings. The molecule has 4 nitrogen and oxygen atoms in total. The van der Waals surface area contributed by atoms with Gasteiger partial charge in [0.05, 0.1) is 14.7 Å². The lowest BCUT2D eigenvalue weighted by atomic mass is 10.2. The molecular formula is C12H15Br2N3OS. The summed E-state index contributed by atoms with van der Waals surface area (Å²) in [6.07, 6.45) is 2.02. The van der Waals surface area contributed by atoms with Gasteiger partial charge in [0.1, 0.15) is 0 Å². The molecule has 0 aliphatic carbocycles. The predicted molar refractivity (Wildman–Crippen MR) is 84.3 cm³/mol. The smallest absolute Gasteiger partial charge is 0.257 e. The van der Waals surface area contributed by atoms with Crippen LogP contribution in [-0.2, 0) is 0 Å². The highest BCUT2D eigenvalue weighted by molar-refractivity contribution is 9.13. The number of hydrogen-bond acceptors (Lipinski definition) is 5. The summed E-state index contributed by atoms with van der Waals surface area (Å²) >= 11 is 8.50. The minimum absolute atomic E-state index is 0.132. The highest BCUT2D eigenvalue weighted by Crippen LogP contribution is 2.37. The summed E-state index contributed by atoms with van der Waals surface area (Å²) < 4.78 is 7.80. The van der Waals surface area contributed by atoms with E-state index in [0.29, 0.717) is 11.8 Å². The summed E-state index contributed by atoms with van der Waals surface area (Å²) in [6, 6.07) is 2.11. The van der Waals surface area contributed by atoms with Crippen LogP contribution in [0.15, 0.2) is 18.7 Å². The van der Waals surface area contributed by atoms with Crippen LogP contribution >= 0.6 is 43.2 Å². The van der Waals surface area contributed by atoms with Crippen LogP contribution in [0.4, 0.5) is 0 Å². The van der Waals surface area contributed by atoms with Crippen molar-refractivity contribution in [2.45, 2.75) is 32.7 Å². The number of hydrogen-bond donors (Lipinski definition) is 1. The number of nitrogens with zero attached hydrogens (tertiary/aromatic N) is 2. The lowest BCUT2D eigenvalue weighted by Crippen LogP contribution is -2.21. The average Bonchev–Trinajstić information content (AvgIpc) is 2.99. The SMILES string of the molecule is CCCNC(CC)c1nnc(-c2cc(Br)c(Br)s2)o1. The summed E-state index contributed by atoms with van der Waals surface area (Å²) in [4.78, 5) is 0.961. The van der Waals surface area contributed by atoms with Gasteiger partial charge in [-0.25, -0.2) is 0 Å². The molecule has 1 N–H and O–H groups in total. The zero-order valence-electron chi connectivity index (χ0n) is 10.7. The van der Waals surface area contributed by atoms with Crippen LogP contribution in [0.2, 0.25) is 0 Å². The molecule has 1 unspecified atom stereocenters. The molecule has 1 atom stereocenters. The second-order valence-corrected chi connectivity index (χ2v) is 7.32. The van der Waals surface area contributed by atoms with Gasteiger partial charge in [-0.15, -0.1) is 21.5 Å². The van der Waals surface area contributed by atoms with Gasteiger partial charge in [-0.2, -0.15) is 0 Å². The molecule has 2 rings (SSSR count). The summed E-state index contributed by atoms with van der Waals surface area (Å²) in [7, 11) is 0. The monoisotopic (exact) mass is 407 g/mol. The molecule has 7 heteroatoms. The van der Waals surface area contributed by atoms with E-state index < -0.39 is 0 Å². The molecule has 0 saturated heterocycles. The van der Waals surface area contributed by atoms with Crippen molar-refractivity contribution in [2.24, 2.45) is 0 Å². The Hall–Kier alpha value is -0.240. The van der Waals surface area contributed by atoms with Crippen molar-refractivity contribution < 1.29 is 4.42 Å². The molecule has 2 aromatic heterocycles. The number of nitrogens with one attached hydrogen (secondary N) is 1. The maximum atomic E-state index is 5.77. The quantitative estimate of drug-likeness (QED) is 0.747. The Balaban J connectivity index is 2.17. The van der Waals surface area contributed by atoms with E-state index in [9.17, 15) is 0 Å². The fourth-order valence-electron chi connectivity index (χ4n) is 1.65. The van der Waals surface area contributed by atoms with Crippen molar-refractivity contribution in [1.82, 2.24) is 15.5 Å². The standard InChI is InChI=1S/C12H15Br2N3OS/c1-3-5-15-8(4-2)11-16-17-12(18-11)9-6-7(13)10(14)19-9/h6,8,15H,3-5H2,1-2H3. The Bertz CT molecular complexity index is 521. The fraction of sp³-hybridized carbons (Fsp3) is 0.500. The summed E-state index contributed by atoms with van der Waals surface area (Å²) in [5.41, 5.74) is 0. The van der Waals surface area contributed by atoms with E-state index in [2.05, 4.69) is 61.2 Å². The molecule has 0 saturated carbocycles. The largest absolute Gasteiger partial charge is 0.418 e. The average molecular weight is 409 g/mol. The van der Waals surface area contributed by atoms with Crippen molar-refractivity contribution in [3.8, 4) is 10.8 Å². The number of halogens is 2. The van der Waals surface area contributed by atoms with E-state index in [1.165, 1.54) is 0 Å². The maximum absolute atomic E-state index is 5.77. The predicted octanol–water partition coefficient (Wildman–Crippen LogP) is 4.77. The number of rotatable bonds is 6. The lowest BCUT2D eigenvalue weighted by molar-refractivity contribution is 0.396. The van der Waals surface area contributed by atoms with E-state index in [1.54, 1.807) is 11.3 Å². The number of aromatic nitrogens is 2. The third-order valence-corrected chi connectivity index (χ3v) is 5.89. The minimum Gasteiger partial charge on any atom is -0.418 e. The third kappa shape index (κ3) is 3.65. The Morgan fingerprint density at radius 2 is 2.16 bits per heavy atom. The van der Waals surface area contributed by atoms with Crippen LogP contribution in [-0.4, -0.2) is 16.7 Å². The molecule has 0 aromatic carbocycles. The van der Waals surface area contributed by atoms with Gasteiger partial charge in [0.25, 0.3) is 5.89 Å². The fourth-order valence-corrected chi connectivity index (χ4v) is 3.61. The molecular weight excluding hydrogens is 394 g/mol. The van der Waals surface area contributed by atoms with E-state index in [0.717, 1.165) is 32.5 Å². The maximum Gasteiger partial charge on any atom is 0.257 e. The Morgan fingerprint density at radius 1 is 1.37 bits per heavy atom. The molecule has 0 spiro atoms. The number of thiophene rings is 1. The summed E-state index contributed by atoms with van der Waals surface area (Å²) in [5.74, 6) is 1.23. The van der Waals surface area contributed by atoms with Gasteiger partial charge in [-0.05, 0) is 57.3 Å². The molecule has 0 fully saturated rings. The van der Waals surface area contributed by atoms with E-state index >= 15 is 0 Å². The van der Waals surface area contributed by atoms with Crippen molar-refractivity contribution in [3.63, 3.8) is 0 Å². The van der Waals surface area contributed by atoms with Gasteiger partial charge < -0.3 is 9.73 Å². The van der Waals surface area contributed by atoms with E-state index in [1.807, 2.05) is 6.07 Å². The van der Waals surface area contributed by atoms with Crippen LogP contribution in [0.25, 0.3) is 10.8 Å². The molecule has 2 heterocycles. The van der Waals surface area contributed by atoms with Gasteiger partial charge in [0.2, 0.25) is 5.89 Å². The summed E-state index contributed by atoms with van der Waals surface area (Å²) in [6.45, 7) is 5.20. The van der Waals surface area contributed by atoms with Gasteiger partial charge >= 0.3 is 0 Å². The molecule has 104 valence electrons. The van der Waals surface area contributed by atoms with E-state index in [4.69, 9.17) is 4.42 Å². The highest BCUT2D eigenvalue weighted by Gasteiger charge is 2.18. The van der Waals surface area contributed by atoms with Crippen LogP contribution in [0.5, 0.6) is 0 Å². The first-order valence-corrected chi connectivity index (χ1v) is 8.57. The first-order chi connectivity index (χ1) is 9.15. The molecule has 0 amide bonds. The van der Waals surface area contributed by atoms with Crippen LogP contribution < -0.4 is 5.32 Å². The molecule has 19 heavy (non-hydrogen) atoms. The summed E-state index contributed by atoms with van der Waals surface area (Å²) in [5, 5.41) is 11.7. The molecule has 0 radical (unpaired) electrons. The minimum atomic E-state index is 0.132. The van der Waals surface area contributed by atoms with Crippen LogP contribution in [0, 0.1) is 0 Å². The van der Waals surface area contributed by atoms with Gasteiger partial charge in [0.15, 0.2) is 0 Å². The second kappa shape index (κ2) is 6.97.